The fraction of sp³-hybridized carbons (Fsp3) is 0.0667. The Morgan fingerprint density at radius 3 is 2.23 bits per heavy atom. The molecule has 3 aromatic rings. The van der Waals surface area contributed by atoms with Gasteiger partial charge in [-0.05, 0) is 30.3 Å². The van der Waals surface area contributed by atoms with E-state index in [1.807, 2.05) is 0 Å². The molecule has 2 aromatic carbocycles. The SMILES string of the molecule is O=S(=O)(c1ccccc1)c1ccc(C(F)(F)F)c2cc[nH]c12. The van der Waals surface area contributed by atoms with Crippen LogP contribution in [0.4, 0.5) is 13.2 Å². The molecule has 0 aliphatic heterocycles. The predicted octanol–water partition coefficient (Wildman–Crippen LogP) is 4.02. The number of alkyl halides is 3. The van der Waals surface area contributed by atoms with Gasteiger partial charge in [0.25, 0.3) is 0 Å². The summed E-state index contributed by atoms with van der Waals surface area (Å²) in [5.41, 5.74) is -0.908. The molecule has 0 unspecified atom stereocenters. The zero-order valence-corrected chi connectivity index (χ0v) is 11.9. The minimum atomic E-state index is -4.55. The van der Waals surface area contributed by atoms with Crippen molar-refractivity contribution >= 4 is 20.7 Å². The Kier molecular flexibility index (Phi) is 3.25. The Hall–Kier alpha value is -2.28. The number of nitrogens with one attached hydrogen (secondary N) is 1. The molecule has 7 heteroatoms. The summed E-state index contributed by atoms with van der Waals surface area (Å²) in [7, 11) is -3.90. The van der Waals surface area contributed by atoms with Gasteiger partial charge in [-0.1, -0.05) is 18.2 Å². The standard InChI is InChI=1S/C15H10F3NO2S/c16-15(17,18)12-6-7-13(14-11(12)8-9-19-14)22(20,21)10-4-2-1-3-5-10/h1-9,19H. The average Bonchev–Trinajstić information content (AvgIpc) is 2.95. The van der Waals surface area contributed by atoms with Crippen LogP contribution in [0.2, 0.25) is 0 Å². The largest absolute Gasteiger partial charge is 0.417 e. The first kappa shape index (κ1) is 14.6. The quantitative estimate of drug-likeness (QED) is 0.773. The van der Waals surface area contributed by atoms with Gasteiger partial charge < -0.3 is 4.98 Å². The van der Waals surface area contributed by atoms with Crippen molar-refractivity contribution in [2.75, 3.05) is 0 Å². The molecule has 0 amide bonds. The van der Waals surface area contributed by atoms with Crippen molar-refractivity contribution in [3.05, 3.63) is 60.3 Å². The lowest BCUT2D eigenvalue weighted by molar-refractivity contribution is -0.136. The van der Waals surface area contributed by atoms with E-state index >= 15 is 0 Å². The number of aromatic amines is 1. The Bertz CT molecular complexity index is 928. The lowest BCUT2D eigenvalue weighted by Gasteiger charge is -2.11. The normalized spacial score (nSPS) is 12.7. The number of hydrogen-bond donors (Lipinski definition) is 1. The van der Waals surface area contributed by atoms with Crippen molar-refractivity contribution in [3.63, 3.8) is 0 Å². The Morgan fingerprint density at radius 1 is 0.909 bits per heavy atom. The van der Waals surface area contributed by atoms with Crippen LogP contribution in [0.15, 0.2) is 64.5 Å². The molecule has 114 valence electrons. The molecule has 0 saturated heterocycles. The summed E-state index contributed by atoms with van der Waals surface area (Å²) < 4.78 is 64.2. The number of fused-ring (bicyclic) bond motifs is 1. The lowest BCUT2D eigenvalue weighted by Crippen LogP contribution is -2.08. The van der Waals surface area contributed by atoms with Crippen LogP contribution >= 0.6 is 0 Å². The van der Waals surface area contributed by atoms with Gasteiger partial charge in [0.05, 0.1) is 20.9 Å². The smallest absolute Gasteiger partial charge is 0.360 e. The summed E-state index contributed by atoms with van der Waals surface area (Å²) in [6.07, 6.45) is -3.25. The van der Waals surface area contributed by atoms with Gasteiger partial charge in [0, 0.05) is 11.6 Å². The highest BCUT2D eigenvalue weighted by atomic mass is 32.2. The number of sulfone groups is 1. The van der Waals surface area contributed by atoms with Crippen molar-refractivity contribution in [1.82, 2.24) is 4.98 Å². The van der Waals surface area contributed by atoms with Crippen molar-refractivity contribution in [3.8, 4) is 0 Å². The van der Waals surface area contributed by atoms with Crippen LogP contribution < -0.4 is 0 Å². The summed E-state index contributed by atoms with van der Waals surface area (Å²) >= 11 is 0. The molecule has 1 heterocycles. The van der Waals surface area contributed by atoms with Gasteiger partial charge in [-0.3, -0.25) is 0 Å². The van der Waals surface area contributed by atoms with E-state index in [1.165, 1.54) is 24.4 Å². The molecule has 0 spiro atoms. The molecule has 3 nitrogen and oxygen atoms in total. The first-order valence-corrected chi connectivity index (χ1v) is 7.77. The van der Waals surface area contributed by atoms with Gasteiger partial charge >= 0.3 is 6.18 Å². The van der Waals surface area contributed by atoms with Crippen molar-refractivity contribution in [2.24, 2.45) is 0 Å². The Labute approximate surface area is 124 Å². The van der Waals surface area contributed by atoms with E-state index in [1.54, 1.807) is 18.2 Å². The van der Waals surface area contributed by atoms with Crippen molar-refractivity contribution in [1.29, 1.82) is 0 Å². The maximum absolute atomic E-state index is 13.0. The lowest BCUT2D eigenvalue weighted by atomic mass is 10.1. The van der Waals surface area contributed by atoms with Crippen molar-refractivity contribution in [2.45, 2.75) is 16.0 Å². The number of aromatic nitrogens is 1. The van der Waals surface area contributed by atoms with E-state index in [4.69, 9.17) is 0 Å². The highest BCUT2D eigenvalue weighted by Crippen LogP contribution is 2.37. The third-order valence-electron chi connectivity index (χ3n) is 3.33. The van der Waals surface area contributed by atoms with Crippen LogP contribution in [0.1, 0.15) is 5.56 Å². The van der Waals surface area contributed by atoms with E-state index < -0.39 is 21.6 Å². The molecule has 3 rings (SSSR count). The number of H-pyrrole nitrogens is 1. The zero-order chi connectivity index (χ0) is 16.0. The summed E-state index contributed by atoms with van der Waals surface area (Å²) in [5, 5.41) is -0.162. The first-order valence-electron chi connectivity index (χ1n) is 6.29. The Morgan fingerprint density at radius 2 is 1.59 bits per heavy atom. The van der Waals surface area contributed by atoms with E-state index in [0.717, 1.165) is 12.1 Å². The van der Waals surface area contributed by atoms with E-state index in [2.05, 4.69) is 4.98 Å². The highest BCUT2D eigenvalue weighted by molar-refractivity contribution is 7.91. The molecular weight excluding hydrogens is 315 g/mol. The molecule has 0 fully saturated rings. The minimum Gasteiger partial charge on any atom is -0.360 e. The molecule has 0 atom stereocenters. The van der Waals surface area contributed by atoms with E-state index in [-0.39, 0.29) is 20.7 Å². The average molecular weight is 325 g/mol. The topological polar surface area (TPSA) is 49.9 Å². The fourth-order valence-corrected chi connectivity index (χ4v) is 3.78. The monoisotopic (exact) mass is 325 g/mol. The summed E-state index contributed by atoms with van der Waals surface area (Å²) in [6, 6.07) is 10.6. The number of halogens is 3. The second-order valence-corrected chi connectivity index (χ2v) is 6.61. The molecule has 0 aliphatic carbocycles. The second kappa shape index (κ2) is 4.88. The predicted molar refractivity (Wildman–Crippen MR) is 75.2 cm³/mol. The van der Waals surface area contributed by atoms with Crippen LogP contribution in [-0.2, 0) is 16.0 Å². The van der Waals surface area contributed by atoms with Gasteiger partial charge in [0.15, 0.2) is 0 Å². The van der Waals surface area contributed by atoms with Gasteiger partial charge in [0.2, 0.25) is 9.84 Å². The van der Waals surface area contributed by atoms with Gasteiger partial charge in [-0.25, -0.2) is 8.42 Å². The van der Waals surface area contributed by atoms with Gasteiger partial charge in [-0.15, -0.1) is 0 Å². The van der Waals surface area contributed by atoms with Crippen LogP contribution in [0, 0.1) is 0 Å². The second-order valence-electron chi connectivity index (χ2n) is 4.69. The number of benzene rings is 2. The van der Waals surface area contributed by atoms with Gasteiger partial charge in [-0.2, -0.15) is 13.2 Å². The molecule has 1 aromatic heterocycles. The first-order chi connectivity index (χ1) is 10.3. The maximum Gasteiger partial charge on any atom is 0.417 e. The number of hydrogen-bond acceptors (Lipinski definition) is 2. The van der Waals surface area contributed by atoms with E-state index in [9.17, 15) is 21.6 Å². The van der Waals surface area contributed by atoms with Gasteiger partial charge in [0.1, 0.15) is 0 Å². The molecule has 1 N–H and O–H groups in total. The zero-order valence-electron chi connectivity index (χ0n) is 11.1. The molecule has 0 bridgehead atoms. The molecule has 22 heavy (non-hydrogen) atoms. The van der Waals surface area contributed by atoms with Crippen LogP contribution in [-0.4, -0.2) is 13.4 Å². The molecule has 0 saturated carbocycles. The van der Waals surface area contributed by atoms with Crippen LogP contribution in [0.25, 0.3) is 10.9 Å². The fourth-order valence-electron chi connectivity index (χ4n) is 2.33. The molecule has 0 aliphatic rings. The third-order valence-corrected chi connectivity index (χ3v) is 5.15. The summed E-state index contributed by atoms with van der Waals surface area (Å²) in [4.78, 5) is 2.46. The maximum atomic E-state index is 13.0. The summed E-state index contributed by atoms with van der Waals surface area (Å²) in [6.45, 7) is 0. The minimum absolute atomic E-state index is 0.0330. The van der Waals surface area contributed by atoms with Crippen LogP contribution in [0.3, 0.4) is 0 Å². The molecule has 0 radical (unpaired) electrons. The van der Waals surface area contributed by atoms with E-state index in [0.29, 0.717) is 0 Å². The number of rotatable bonds is 2. The highest BCUT2D eigenvalue weighted by Gasteiger charge is 2.34. The van der Waals surface area contributed by atoms with Crippen molar-refractivity contribution < 1.29 is 21.6 Å². The molecular formula is C15H10F3NO2S. The Balaban J connectivity index is 2.29. The third kappa shape index (κ3) is 2.27. The summed E-state index contributed by atoms with van der Waals surface area (Å²) in [5.74, 6) is 0. The van der Waals surface area contributed by atoms with Crippen LogP contribution in [0.5, 0.6) is 0 Å².